The maximum Gasteiger partial charge on any atom is 0.416 e. The number of benzene rings is 2. The van der Waals surface area contributed by atoms with E-state index in [1.807, 2.05) is 29.2 Å². The van der Waals surface area contributed by atoms with Crippen LogP contribution in [0.4, 0.5) is 36.8 Å². The van der Waals surface area contributed by atoms with Gasteiger partial charge in [0.2, 0.25) is 0 Å². The van der Waals surface area contributed by atoms with Gasteiger partial charge in [-0.05, 0) is 80.6 Å². The monoisotopic (exact) mass is 726 g/mol. The number of ether oxygens (including phenoxy) is 1. The Bertz CT molecular complexity index is 1490. The third-order valence-electron chi connectivity index (χ3n) is 10.5. The van der Waals surface area contributed by atoms with Crippen molar-refractivity contribution in [2.24, 2.45) is 0 Å². The Morgan fingerprint density at radius 1 is 0.804 bits per heavy atom. The molecule has 3 saturated heterocycles. The van der Waals surface area contributed by atoms with Gasteiger partial charge in [-0.15, -0.1) is 0 Å². The van der Waals surface area contributed by atoms with Gasteiger partial charge in [-0.2, -0.15) is 26.3 Å². The zero-order chi connectivity index (χ0) is 36.3. The fraction of sp³-hybridized carbons (Fsp3) is 0.600. The number of aliphatic hydroxyl groups is 1. The molecule has 4 aliphatic rings. The molecule has 10 nitrogen and oxygen atoms in total. The highest BCUT2D eigenvalue weighted by molar-refractivity contribution is 5.84. The minimum atomic E-state index is -5.07. The molecule has 51 heavy (non-hydrogen) atoms. The highest BCUT2D eigenvalue weighted by Gasteiger charge is 2.40. The minimum absolute atomic E-state index is 0.0337. The van der Waals surface area contributed by atoms with Crippen molar-refractivity contribution in [2.45, 2.75) is 75.4 Å². The summed E-state index contributed by atoms with van der Waals surface area (Å²) in [7, 11) is 0. The van der Waals surface area contributed by atoms with Crippen LogP contribution in [-0.4, -0.2) is 120 Å². The average Bonchev–Trinajstić information content (AvgIpc) is 3.28. The molecule has 2 aromatic carbocycles. The van der Waals surface area contributed by atoms with Gasteiger partial charge in [-0.25, -0.2) is 4.79 Å². The van der Waals surface area contributed by atoms with Crippen molar-refractivity contribution < 1.29 is 45.8 Å². The second-order valence-corrected chi connectivity index (χ2v) is 13.7. The van der Waals surface area contributed by atoms with Gasteiger partial charge < -0.3 is 30.3 Å². The Labute approximate surface area is 292 Å². The van der Waals surface area contributed by atoms with Crippen molar-refractivity contribution in [1.29, 1.82) is 0 Å². The third kappa shape index (κ3) is 9.07. The molecule has 1 unspecified atom stereocenters. The molecule has 0 saturated carbocycles. The van der Waals surface area contributed by atoms with E-state index in [4.69, 9.17) is 4.74 Å². The van der Waals surface area contributed by atoms with Crippen LogP contribution in [0.2, 0.25) is 0 Å². The molecule has 0 aliphatic carbocycles. The molecule has 3 N–H and O–H groups in total. The van der Waals surface area contributed by atoms with Crippen molar-refractivity contribution in [3.8, 4) is 0 Å². The maximum absolute atomic E-state index is 13.9. The normalized spacial score (nSPS) is 22.5. The summed E-state index contributed by atoms with van der Waals surface area (Å²) in [5, 5.41) is 17.4. The number of carbonyl (C=O) groups is 2. The molecule has 2 amide bonds. The standard InChI is InChI=1S/C35H44F6N6O4/c36-34(37,38)25-19-23(20-26(22-25)35(39,40)41)21-30(31(48)45-17-15-44(16-18-45)27-5-10-42-11-6-27)51-33(50)46-12-8-28(9-13-46)47-14-7-24-3-1-2-4-29(24)43-32(47)49/h1-4,19-20,22,27-28,30,32,42-43,49H,5-18,21H2/t30-,32?/m1/s1. The van der Waals surface area contributed by atoms with E-state index in [2.05, 4.69) is 15.5 Å². The number of amides is 2. The first kappa shape index (κ1) is 37.2. The lowest BCUT2D eigenvalue weighted by molar-refractivity contribution is -0.143. The van der Waals surface area contributed by atoms with E-state index >= 15 is 0 Å². The van der Waals surface area contributed by atoms with Gasteiger partial charge in [-0.1, -0.05) is 18.2 Å². The number of anilines is 1. The number of carbonyl (C=O) groups excluding carboxylic acids is 2. The van der Waals surface area contributed by atoms with Crippen LogP contribution in [0.25, 0.3) is 0 Å². The van der Waals surface area contributed by atoms with Gasteiger partial charge in [0.05, 0.1) is 11.1 Å². The van der Waals surface area contributed by atoms with E-state index in [-0.39, 0.29) is 38.3 Å². The van der Waals surface area contributed by atoms with Crippen LogP contribution >= 0.6 is 0 Å². The van der Waals surface area contributed by atoms with E-state index in [0.29, 0.717) is 57.1 Å². The molecule has 0 spiro atoms. The van der Waals surface area contributed by atoms with Crippen LogP contribution in [0.1, 0.15) is 47.9 Å². The number of piperidine rings is 2. The number of aliphatic hydroxyl groups excluding tert-OH is 1. The molecule has 3 fully saturated rings. The van der Waals surface area contributed by atoms with Crippen LogP contribution in [0.15, 0.2) is 42.5 Å². The Hall–Kier alpha value is -3.60. The highest BCUT2D eigenvalue weighted by Crippen LogP contribution is 2.37. The fourth-order valence-electron chi connectivity index (χ4n) is 7.65. The topological polar surface area (TPSA) is 101 Å². The number of nitrogens with one attached hydrogen (secondary N) is 2. The number of rotatable bonds is 6. The summed E-state index contributed by atoms with van der Waals surface area (Å²) >= 11 is 0. The number of para-hydroxylation sites is 1. The third-order valence-corrected chi connectivity index (χ3v) is 10.5. The molecule has 16 heteroatoms. The van der Waals surface area contributed by atoms with Crippen LogP contribution < -0.4 is 10.6 Å². The van der Waals surface area contributed by atoms with E-state index in [1.165, 1.54) is 9.80 Å². The molecular formula is C35H44F6N6O4. The molecule has 2 aromatic rings. The second kappa shape index (κ2) is 15.6. The number of hydrogen-bond acceptors (Lipinski definition) is 8. The summed E-state index contributed by atoms with van der Waals surface area (Å²) in [4.78, 5) is 34.5. The first-order chi connectivity index (χ1) is 24.3. The lowest BCUT2D eigenvalue weighted by atomic mass is 9.99. The van der Waals surface area contributed by atoms with Crippen molar-refractivity contribution >= 4 is 17.7 Å². The average molecular weight is 727 g/mol. The van der Waals surface area contributed by atoms with E-state index < -0.39 is 59.9 Å². The number of hydrogen-bond donors (Lipinski definition) is 3. The second-order valence-electron chi connectivity index (χ2n) is 13.7. The molecule has 6 rings (SSSR count). The molecule has 4 aliphatic heterocycles. The largest absolute Gasteiger partial charge is 0.436 e. The fourth-order valence-corrected chi connectivity index (χ4v) is 7.65. The lowest BCUT2D eigenvalue weighted by Gasteiger charge is -2.42. The summed E-state index contributed by atoms with van der Waals surface area (Å²) in [6, 6.07) is 9.16. The number of likely N-dealkylation sites (tertiary alicyclic amines) is 1. The smallest absolute Gasteiger partial charge is 0.416 e. The number of nitrogens with zero attached hydrogens (tertiary/aromatic N) is 4. The van der Waals surface area contributed by atoms with E-state index in [1.54, 1.807) is 0 Å². The van der Waals surface area contributed by atoms with E-state index in [0.717, 1.165) is 37.2 Å². The van der Waals surface area contributed by atoms with E-state index in [9.17, 15) is 41.0 Å². The Kier molecular flexibility index (Phi) is 11.3. The van der Waals surface area contributed by atoms with Crippen LogP contribution in [0, 0.1) is 0 Å². The first-order valence-corrected chi connectivity index (χ1v) is 17.5. The Balaban J connectivity index is 1.15. The van der Waals surface area contributed by atoms with Crippen molar-refractivity contribution in [3.63, 3.8) is 0 Å². The van der Waals surface area contributed by atoms with Gasteiger partial charge in [0, 0.05) is 70.0 Å². The van der Waals surface area contributed by atoms with Crippen LogP contribution in [0.3, 0.4) is 0 Å². The summed E-state index contributed by atoms with van der Waals surface area (Å²) in [5.74, 6) is -0.660. The molecule has 0 radical (unpaired) electrons. The molecule has 0 bridgehead atoms. The van der Waals surface area contributed by atoms with Gasteiger partial charge in [-0.3, -0.25) is 14.6 Å². The zero-order valence-electron chi connectivity index (χ0n) is 28.2. The molecule has 2 atom stereocenters. The zero-order valence-corrected chi connectivity index (χ0v) is 28.2. The Morgan fingerprint density at radius 2 is 1.43 bits per heavy atom. The Morgan fingerprint density at radius 3 is 2.06 bits per heavy atom. The first-order valence-electron chi connectivity index (χ1n) is 17.5. The molecule has 0 aromatic heterocycles. The summed E-state index contributed by atoms with van der Waals surface area (Å²) in [6.07, 6.45) is -10.7. The van der Waals surface area contributed by atoms with Crippen LogP contribution in [-0.2, 0) is 34.7 Å². The predicted molar refractivity (Wildman–Crippen MR) is 176 cm³/mol. The van der Waals surface area contributed by atoms with Crippen molar-refractivity contribution in [3.05, 3.63) is 64.7 Å². The number of fused-ring (bicyclic) bond motifs is 1. The highest BCUT2D eigenvalue weighted by atomic mass is 19.4. The molecule has 280 valence electrons. The van der Waals surface area contributed by atoms with Gasteiger partial charge in [0.1, 0.15) is 0 Å². The number of halogens is 6. The minimum Gasteiger partial charge on any atom is -0.436 e. The SMILES string of the molecule is O=C(O[C@H](Cc1cc(C(F)(F)F)cc(C(F)(F)F)c1)C(=O)N1CCN(C2CCNCC2)CC1)N1CCC(N2CCc3ccccc3NC2O)CC1. The maximum atomic E-state index is 13.9. The summed E-state index contributed by atoms with van der Waals surface area (Å²) in [5.41, 5.74) is -1.50. The molecule has 4 heterocycles. The summed E-state index contributed by atoms with van der Waals surface area (Å²) in [6.45, 7) is 4.47. The summed E-state index contributed by atoms with van der Waals surface area (Å²) < 4.78 is 87.8. The predicted octanol–water partition coefficient (Wildman–Crippen LogP) is 4.38. The number of piperazine rings is 1. The van der Waals surface area contributed by atoms with Crippen LogP contribution in [0.5, 0.6) is 0 Å². The van der Waals surface area contributed by atoms with Crippen molar-refractivity contribution in [1.82, 2.24) is 24.9 Å². The van der Waals surface area contributed by atoms with Gasteiger partial charge in [0.15, 0.2) is 12.5 Å². The number of alkyl halides is 6. The van der Waals surface area contributed by atoms with Gasteiger partial charge in [0.25, 0.3) is 5.91 Å². The molecular weight excluding hydrogens is 682 g/mol. The van der Waals surface area contributed by atoms with Gasteiger partial charge >= 0.3 is 18.4 Å². The lowest BCUT2D eigenvalue weighted by Crippen LogP contribution is -2.56. The quantitative estimate of drug-likeness (QED) is 0.378. The van der Waals surface area contributed by atoms with Crippen molar-refractivity contribution in [2.75, 3.05) is 64.2 Å².